The molecule has 0 bridgehead atoms. The molecule has 0 fully saturated rings. The van der Waals surface area contributed by atoms with E-state index in [9.17, 15) is 4.79 Å². The van der Waals surface area contributed by atoms with Crippen molar-refractivity contribution in [3.8, 4) is 28.7 Å². The highest BCUT2D eigenvalue weighted by molar-refractivity contribution is 5.58. The third-order valence-electron chi connectivity index (χ3n) is 2.92. The third kappa shape index (κ3) is 2.53. The Morgan fingerprint density at radius 2 is 2.19 bits per heavy atom. The molecule has 0 radical (unpaired) electrons. The average molecular weight is 284 g/mol. The largest absolute Gasteiger partial charge is 0.481 e. The molecule has 1 N–H and O–H groups in total. The topological polar surface area (TPSA) is 93.9 Å². The van der Waals surface area contributed by atoms with Crippen LogP contribution in [0.5, 0.6) is 5.88 Å². The predicted molar refractivity (Wildman–Crippen MR) is 74.9 cm³/mol. The van der Waals surface area contributed by atoms with Gasteiger partial charge < -0.3 is 14.2 Å². The zero-order valence-corrected chi connectivity index (χ0v) is 11.5. The van der Waals surface area contributed by atoms with Gasteiger partial charge in [0.2, 0.25) is 11.7 Å². The summed E-state index contributed by atoms with van der Waals surface area (Å²) in [6, 6.07) is 4.94. The van der Waals surface area contributed by atoms with E-state index in [0.717, 1.165) is 5.69 Å². The molecule has 3 rings (SSSR count). The highest BCUT2D eigenvalue weighted by Crippen LogP contribution is 2.20. The van der Waals surface area contributed by atoms with Gasteiger partial charge in [-0.1, -0.05) is 5.16 Å². The molecule has 3 aromatic rings. The lowest BCUT2D eigenvalue weighted by Crippen LogP contribution is -2.05. The Balaban J connectivity index is 1.97. The van der Waals surface area contributed by atoms with Gasteiger partial charge >= 0.3 is 0 Å². The van der Waals surface area contributed by atoms with Crippen LogP contribution < -0.4 is 10.2 Å². The maximum absolute atomic E-state index is 11.9. The summed E-state index contributed by atoms with van der Waals surface area (Å²) >= 11 is 0. The Morgan fingerprint density at radius 3 is 2.86 bits per heavy atom. The van der Waals surface area contributed by atoms with Crippen LogP contribution in [0.1, 0.15) is 5.69 Å². The minimum absolute atomic E-state index is 0.169. The number of nitrogens with one attached hydrogen (secondary N) is 1. The molecule has 7 nitrogen and oxygen atoms in total. The second-order valence-corrected chi connectivity index (χ2v) is 4.41. The molecule has 0 saturated carbocycles. The van der Waals surface area contributed by atoms with Crippen LogP contribution in [0.3, 0.4) is 0 Å². The van der Waals surface area contributed by atoms with Crippen molar-refractivity contribution in [1.82, 2.24) is 20.1 Å². The summed E-state index contributed by atoms with van der Waals surface area (Å²) in [5.74, 6) is 1.03. The summed E-state index contributed by atoms with van der Waals surface area (Å²) in [5.41, 5.74) is 1.60. The number of H-pyrrole nitrogens is 1. The highest BCUT2D eigenvalue weighted by atomic mass is 16.5. The minimum Gasteiger partial charge on any atom is -0.481 e. The lowest BCUT2D eigenvalue weighted by atomic mass is 10.2. The first kappa shape index (κ1) is 13.0. The van der Waals surface area contributed by atoms with Crippen LogP contribution in [-0.2, 0) is 0 Å². The van der Waals surface area contributed by atoms with Crippen LogP contribution in [0, 0.1) is 6.92 Å². The van der Waals surface area contributed by atoms with Crippen LogP contribution in [0.15, 0.2) is 39.9 Å². The lowest BCUT2D eigenvalue weighted by Gasteiger charge is -1.97. The molecule has 0 amide bonds. The van der Waals surface area contributed by atoms with Gasteiger partial charge in [-0.2, -0.15) is 4.98 Å². The van der Waals surface area contributed by atoms with Crippen LogP contribution in [0.4, 0.5) is 0 Å². The molecule has 0 spiro atoms. The van der Waals surface area contributed by atoms with Crippen molar-refractivity contribution in [2.75, 3.05) is 7.11 Å². The fraction of sp³-hybridized carbons (Fsp3) is 0.143. The van der Waals surface area contributed by atoms with Crippen molar-refractivity contribution < 1.29 is 9.26 Å². The molecule has 3 aromatic heterocycles. The number of aromatic amines is 1. The fourth-order valence-electron chi connectivity index (χ4n) is 1.82. The lowest BCUT2D eigenvalue weighted by molar-refractivity contribution is 0.398. The highest BCUT2D eigenvalue weighted by Gasteiger charge is 2.13. The molecule has 0 aliphatic heterocycles. The van der Waals surface area contributed by atoms with Gasteiger partial charge in [0, 0.05) is 35.8 Å². The van der Waals surface area contributed by atoms with Crippen molar-refractivity contribution >= 4 is 0 Å². The Bertz CT molecular complexity index is 821. The fourth-order valence-corrected chi connectivity index (χ4v) is 1.82. The van der Waals surface area contributed by atoms with Gasteiger partial charge in [-0.25, -0.2) is 4.98 Å². The first-order chi connectivity index (χ1) is 10.2. The molecule has 7 heteroatoms. The number of aryl methyl sites for hydroxylation is 1. The standard InChI is InChI=1S/C14H12N4O3/c1-8-5-11(19)10(7-15-8)14-17-13(18-21-14)9-3-4-12(20-2)16-6-9/h3-7H,1-2H3,(H,15,19). The molecular formula is C14H12N4O3. The molecule has 3 heterocycles. The molecule has 0 aliphatic carbocycles. The van der Waals surface area contributed by atoms with E-state index in [1.54, 1.807) is 31.5 Å². The van der Waals surface area contributed by atoms with E-state index >= 15 is 0 Å². The Kier molecular flexibility index (Phi) is 3.23. The molecule has 0 unspecified atom stereocenters. The van der Waals surface area contributed by atoms with Gasteiger partial charge in [-0.05, 0) is 13.0 Å². The van der Waals surface area contributed by atoms with Crippen molar-refractivity contribution in [2.24, 2.45) is 0 Å². The Hall–Kier alpha value is -2.96. The molecule has 0 saturated heterocycles. The first-order valence-corrected chi connectivity index (χ1v) is 6.21. The number of pyridine rings is 2. The average Bonchev–Trinajstić information content (AvgIpc) is 2.97. The zero-order chi connectivity index (χ0) is 14.8. The van der Waals surface area contributed by atoms with Gasteiger partial charge in [0.15, 0.2) is 5.43 Å². The molecule has 0 aliphatic rings. The van der Waals surface area contributed by atoms with Gasteiger partial charge in [0.05, 0.1) is 7.11 Å². The van der Waals surface area contributed by atoms with Gasteiger partial charge in [0.1, 0.15) is 5.56 Å². The van der Waals surface area contributed by atoms with Crippen molar-refractivity contribution in [2.45, 2.75) is 6.92 Å². The second kappa shape index (κ2) is 5.20. The Labute approximate surface area is 119 Å². The normalized spacial score (nSPS) is 10.6. The second-order valence-electron chi connectivity index (χ2n) is 4.41. The van der Waals surface area contributed by atoms with Crippen molar-refractivity contribution in [3.63, 3.8) is 0 Å². The number of ether oxygens (including phenoxy) is 1. The summed E-state index contributed by atoms with van der Waals surface area (Å²) in [6.45, 7) is 1.80. The summed E-state index contributed by atoms with van der Waals surface area (Å²) in [4.78, 5) is 23.1. The van der Waals surface area contributed by atoms with Gasteiger partial charge in [-0.3, -0.25) is 4.79 Å². The zero-order valence-electron chi connectivity index (χ0n) is 11.5. The number of aromatic nitrogens is 4. The number of nitrogens with zero attached hydrogens (tertiary/aromatic N) is 3. The summed E-state index contributed by atoms with van der Waals surface area (Å²) < 4.78 is 10.1. The molecule has 0 atom stereocenters. The summed E-state index contributed by atoms with van der Waals surface area (Å²) in [5, 5.41) is 3.86. The van der Waals surface area contributed by atoms with Crippen molar-refractivity contribution in [1.29, 1.82) is 0 Å². The van der Waals surface area contributed by atoms with E-state index in [0.29, 0.717) is 22.8 Å². The smallest absolute Gasteiger partial charge is 0.263 e. The number of hydrogen-bond donors (Lipinski definition) is 1. The maximum atomic E-state index is 11.9. The number of rotatable bonds is 3. The van der Waals surface area contributed by atoms with E-state index in [2.05, 4.69) is 20.1 Å². The van der Waals surface area contributed by atoms with Crippen LogP contribution in [0.2, 0.25) is 0 Å². The van der Waals surface area contributed by atoms with E-state index in [1.165, 1.54) is 13.2 Å². The first-order valence-electron chi connectivity index (χ1n) is 6.21. The van der Waals surface area contributed by atoms with E-state index < -0.39 is 0 Å². The van der Waals surface area contributed by atoms with Crippen LogP contribution >= 0.6 is 0 Å². The third-order valence-corrected chi connectivity index (χ3v) is 2.92. The van der Waals surface area contributed by atoms with E-state index in [-0.39, 0.29) is 11.3 Å². The quantitative estimate of drug-likeness (QED) is 0.788. The maximum Gasteiger partial charge on any atom is 0.263 e. The molecular weight excluding hydrogens is 272 g/mol. The van der Waals surface area contributed by atoms with Crippen LogP contribution in [-0.4, -0.2) is 27.2 Å². The van der Waals surface area contributed by atoms with Gasteiger partial charge in [-0.15, -0.1) is 0 Å². The van der Waals surface area contributed by atoms with E-state index in [4.69, 9.17) is 9.26 Å². The molecule has 0 aromatic carbocycles. The number of hydrogen-bond acceptors (Lipinski definition) is 6. The predicted octanol–water partition coefficient (Wildman–Crippen LogP) is 1.80. The minimum atomic E-state index is -0.172. The summed E-state index contributed by atoms with van der Waals surface area (Å²) in [6.07, 6.45) is 3.13. The van der Waals surface area contributed by atoms with E-state index in [1.807, 2.05) is 0 Å². The molecule has 106 valence electrons. The SMILES string of the molecule is COc1ccc(-c2noc(-c3c[nH]c(C)cc3=O)n2)cn1. The Morgan fingerprint density at radius 1 is 1.33 bits per heavy atom. The van der Waals surface area contributed by atoms with Crippen molar-refractivity contribution in [3.05, 3.63) is 46.5 Å². The molecule has 21 heavy (non-hydrogen) atoms. The number of methoxy groups -OCH3 is 1. The summed E-state index contributed by atoms with van der Waals surface area (Å²) in [7, 11) is 1.54. The monoisotopic (exact) mass is 284 g/mol. The van der Waals surface area contributed by atoms with Crippen LogP contribution in [0.25, 0.3) is 22.8 Å². The van der Waals surface area contributed by atoms with Gasteiger partial charge in [0.25, 0.3) is 5.89 Å².